The van der Waals surface area contributed by atoms with E-state index in [-0.39, 0.29) is 29.5 Å². The summed E-state index contributed by atoms with van der Waals surface area (Å²) in [5.41, 5.74) is -1.39. The molecular formula is C16H12ClF3N2O4. The van der Waals surface area contributed by atoms with E-state index in [2.05, 4.69) is 5.32 Å². The maximum absolute atomic E-state index is 12.4. The highest BCUT2D eigenvalue weighted by Crippen LogP contribution is 2.30. The normalized spacial score (nSPS) is 11.1. The van der Waals surface area contributed by atoms with Crippen LogP contribution in [0.2, 0.25) is 5.02 Å². The van der Waals surface area contributed by atoms with Crippen molar-refractivity contribution in [2.75, 3.05) is 13.2 Å². The Balaban J connectivity index is 1.88. The Bertz CT molecular complexity index is 810. The van der Waals surface area contributed by atoms with Gasteiger partial charge < -0.3 is 10.1 Å². The van der Waals surface area contributed by atoms with Crippen LogP contribution in [0.5, 0.6) is 5.75 Å². The lowest BCUT2D eigenvalue weighted by Gasteiger charge is -2.10. The number of nitrogens with zero attached hydrogens (tertiary/aromatic N) is 1. The molecule has 2 aromatic carbocycles. The van der Waals surface area contributed by atoms with Gasteiger partial charge in [0.2, 0.25) is 0 Å². The molecule has 0 aliphatic carbocycles. The Labute approximate surface area is 150 Å². The summed E-state index contributed by atoms with van der Waals surface area (Å²) in [5.74, 6) is -0.492. The molecule has 0 unspecified atom stereocenters. The maximum Gasteiger partial charge on any atom is 0.416 e. The molecule has 1 N–H and O–H groups in total. The molecule has 6 nitrogen and oxygen atoms in total. The number of nitrogens with one attached hydrogen (secondary N) is 1. The van der Waals surface area contributed by atoms with Crippen molar-refractivity contribution in [3.8, 4) is 5.75 Å². The number of alkyl halides is 3. The number of amides is 1. The molecule has 0 aromatic heterocycles. The van der Waals surface area contributed by atoms with Gasteiger partial charge in [-0.2, -0.15) is 13.2 Å². The molecule has 26 heavy (non-hydrogen) atoms. The van der Waals surface area contributed by atoms with Gasteiger partial charge in [0.15, 0.2) is 0 Å². The van der Waals surface area contributed by atoms with E-state index in [0.717, 1.165) is 30.3 Å². The van der Waals surface area contributed by atoms with E-state index in [9.17, 15) is 28.1 Å². The predicted octanol–water partition coefficient (Wildman–Crippen LogP) is 4.08. The molecule has 138 valence electrons. The number of rotatable bonds is 6. The Morgan fingerprint density at radius 1 is 1.19 bits per heavy atom. The summed E-state index contributed by atoms with van der Waals surface area (Å²) in [4.78, 5) is 22.2. The fraction of sp³-hybridized carbons (Fsp3) is 0.188. The van der Waals surface area contributed by atoms with E-state index in [1.54, 1.807) is 0 Å². The van der Waals surface area contributed by atoms with Crippen LogP contribution in [-0.4, -0.2) is 24.0 Å². The van der Waals surface area contributed by atoms with E-state index in [1.807, 2.05) is 0 Å². The SMILES string of the molecule is O=C(NCCOc1ccc(C(F)(F)F)cc1)c1ccc(Cl)cc1[N+](=O)[O-]. The van der Waals surface area contributed by atoms with Crippen molar-refractivity contribution in [2.45, 2.75) is 6.18 Å². The lowest BCUT2D eigenvalue weighted by molar-refractivity contribution is -0.385. The number of halogens is 4. The first-order valence-corrected chi connectivity index (χ1v) is 7.58. The Morgan fingerprint density at radius 2 is 1.85 bits per heavy atom. The van der Waals surface area contributed by atoms with Crippen LogP contribution in [0.25, 0.3) is 0 Å². The third kappa shape index (κ3) is 5.09. The zero-order chi connectivity index (χ0) is 19.3. The minimum absolute atomic E-state index is 0.000361. The van der Waals surface area contributed by atoms with Crippen LogP contribution in [0.1, 0.15) is 15.9 Å². The number of hydrogen-bond donors (Lipinski definition) is 1. The van der Waals surface area contributed by atoms with Crippen molar-refractivity contribution in [1.29, 1.82) is 0 Å². The number of nitro groups is 1. The number of hydrogen-bond acceptors (Lipinski definition) is 4. The zero-order valence-corrected chi connectivity index (χ0v) is 13.8. The molecule has 0 radical (unpaired) electrons. The molecule has 0 aliphatic heterocycles. The number of nitro benzene ring substituents is 1. The molecule has 2 aromatic rings. The molecule has 0 aliphatic rings. The highest BCUT2D eigenvalue weighted by Gasteiger charge is 2.30. The lowest BCUT2D eigenvalue weighted by atomic mass is 10.1. The van der Waals surface area contributed by atoms with Crippen molar-refractivity contribution in [2.24, 2.45) is 0 Å². The molecule has 2 rings (SSSR count). The molecule has 0 atom stereocenters. The van der Waals surface area contributed by atoms with Gasteiger partial charge in [-0.25, -0.2) is 0 Å². The molecule has 10 heteroatoms. The summed E-state index contributed by atoms with van der Waals surface area (Å²) in [6.45, 7) is -0.0296. The van der Waals surface area contributed by atoms with Crippen molar-refractivity contribution >= 4 is 23.2 Å². The molecule has 0 spiro atoms. The Kier molecular flexibility index (Phi) is 6.04. The minimum atomic E-state index is -4.43. The van der Waals surface area contributed by atoms with Crippen LogP contribution in [0.15, 0.2) is 42.5 Å². The summed E-state index contributed by atoms with van der Waals surface area (Å²) in [7, 11) is 0. The average Bonchev–Trinajstić information content (AvgIpc) is 2.58. The number of carbonyl (C=O) groups is 1. The van der Waals surface area contributed by atoms with Crippen LogP contribution >= 0.6 is 11.6 Å². The molecule has 0 fully saturated rings. The number of carbonyl (C=O) groups excluding carboxylic acids is 1. The first-order valence-electron chi connectivity index (χ1n) is 7.20. The minimum Gasteiger partial charge on any atom is -0.492 e. The molecule has 0 saturated carbocycles. The standard InChI is InChI=1S/C16H12ClF3N2O4/c17-11-3-6-13(14(9-11)22(24)25)15(23)21-7-8-26-12-4-1-10(2-5-12)16(18,19)20/h1-6,9H,7-8H2,(H,21,23). The van der Waals surface area contributed by atoms with E-state index in [0.29, 0.717) is 0 Å². The van der Waals surface area contributed by atoms with Crippen LogP contribution in [-0.2, 0) is 6.18 Å². The fourth-order valence-electron chi connectivity index (χ4n) is 2.02. The van der Waals surface area contributed by atoms with Crippen molar-refractivity contribution in [3.05, 3.63) is 68.7 Å². The summed E-state index contributed by atoms with van der Waals surface area (Å²) < 4.78 is 42.6. The monoisotopic (exact) mass is 388 g/mol. The summed E-state index contributed by atoms with van der Waals surface area (Å²) in [6.07, 6.45) is -4.43. The van der Waals surface area contributed by atoms with Crippen LogP contribution in [0.3, 0.4) is 0 Å². The Morgan fingerprint density at radius 3 is 2.42 bits per heavy atom. The highest BCUT2D eigenvalue weighted by molar-refractivity contribution is 6.31. The van der Waals surface area contributed by atoms with Gasteiger partial charge in [0.25, 0.3) is 11.6 Å². The topological polar surface area (TPSA) is 81.5 Å². The van der Waals surface area contributed by atoms with Gasteiger partial charge in [-0.05, 0) is 36.4 Å². The van der Waals surface area contributed by atoms with Crippen molar-refractivity contribution < 1.29 is 27.6 Å². The van der Waals surface area contributed by atoms with Crippen molar-refractivity contribution in [1.82, 2.24) is 5.32 Å². The van der Waals surface area contributed by atoms with Gasteiger partial charge in [0.05, 0.1) is 17.0 Å². The maximum atomic E-state index is 12.4. The molecule has 1 amide bonds. The van der Waals surface area contributed by atoms with Gasteiger partial charge in [0, 0.05) is 11.1 Å². The zero-order valence-electron chi connectivity index (χ0n) is 13.0. The van der Waals surface area contributed by atoms with Crippen LogP contribution in [0.4, 0.5) is 18.9 Å². The van der Waals surface area contributed by atoms with Crippen LogP contribution < -0.4 is 10.1 Å². The molecular weight excluding hydrogens is 377 g/mol. The average molecular weight is 389 g/mol. The van der Waals surface area contributed by atoms with Gasteiger partial charge >= 0.3 is 6.18 Å². The second kappa shape index (κ2) is 8.05. The van der Waals surface area contributed by atoms with Gasteiger partial charge in [-0.15, -0.1) is 0 Å². The lowest BCUT2D eigenvalue weighted by Crippen LogP contribution is -2.28. The molecule has 0 heterocycles. The van der Waals surface area contributed by atoms with E-state index in [4.69, 9.17) is 16.3 Å². The van der Waals surface area contributed by atoms with Gasteiger partial charge in [-0.1, -0.05) is 11.6 Å². The first-order chi connectivity index (χ1) is 12.2. The highest BCUT2D eigenvalue weighted by atomic mass is 35.5. The van der Waals surface area contributed by atoms with Gasteiger partial charge in [0.1, 0.15) is 17.9 Å². The molecule has 0 saturated heterocycles. The number of ether oxygens (including phenoxy) is 1. The predicted molar refractivity (Wildman–Crippen MR) is 87.4 cm³/mol. The van der Waals surface area contributed by atoms with Crippen LogP contribution in [0, 0.1) is 10.1 Å². The second-order valence-corrected chi connectivity index (χ2v) is 5.48. The smallest absolute Gasteiger partial charge is 0.416 e. The fourth-order valence-corrected chi connectivity index (χ4v) is 2.18. The summed E-state index contributed by atoms with van der Waals surface area (Å²) in [5, 5.41) is 13.5. The number of benzene rings is 2. The van der Waals surface area contributed by atoms with E-state index in [1.165, 1.54) is 12.1 Å². The third-order valence-electron chi connectivity index (χ3n) is 3.24. The third-order valence-corrected chi connectivity index (χ3v) is 3.47. The second-order valence-electron chi connectivity index (χ2n) is 5.05. The quantitative estimate of drug-likeness (QED) is 0.459. The van der Waals surface area contributed by atoms with Gasteiger partial charge in [-0.3, -0.25) is 14.9 Å². The first kappa shape index (κ1) is 19.5. The van der Waals surface area contributed by atoms with Crippen molar-refractivity contribution in [3.63, 3.8) is 0 Å². The molecule has 0 bridgehead atoms. The summed E-state index contributed by atoms with van der Waals surface area (Å²) >= 11 is 5.67. The van der Waals surface area contributed by atoms with E-state index < -0.39 is 28.3 Å². The van der Waals surface area contributed by atoms with E-state index >= 15 is 0 Å². The summed E-state index contributed by atoms with van der Waals surface area (Å²) in [6, 6.07) is 7.73. The largest absolute Gasteiger partial charge is 0.492 e. The Hall–Kier alpha value is -2.81.